The number of aryl methyl sites for hydroxylation is 2. The molecule has 0 bridgehead atoms. The van der Waals surface area contributed by atoms with Gasteiger partial charge in [0.05, 0.1) is 10.4 Å². The number of benzene rings is 2. The second-order valence-electron chi connectivity index (χ2n) is 6.63. The molecule has 5 nitrogen and oxygen atoms in total. The Hall–Kier alpha value is -3.12. The van der Waals surface area contributed by atoms with E-state index in [9.17, 15) is 9.59 Å². The lowest BCUT2D eigenvalue weighted by atomic mass is 10.1. The first-order valence-corrected chi connectivity index (χ1v) is 9.67. The third-order valence-corrected chi connectivity index (χ3v) is 5.55. The van der Waals surface area contributed by atoms with Gasteiger partial charge in [0, 0.05) is 5.69 Å². The molecule has 0 spiro atoms. The van der Waals surface area contributed by atoms with Crippen molar-refractivity contribution in [2.75, 3.05) is 11.1 Å². The minimum Gasteiger partial charge on any atom is -0.457 e. The van der Waals surface area contributed by atoms with Crippen molar-refractivity contribution in [1.29, 1.82) is 0 Å². The van der Waals surface area contributed by atoms with E-state index in [1.54, 1.807) is 6.92 Å². The Morgan fingerprint density at radius 3 is 2.46 bits per heavy atom. The smallest absolute Gasteiger partial charge is 0.341 e. The molecule has 3 aromatic rings. The molecule has 0 atom stereocenters. The summed E-state index contributed by atoms with van der Waals surface area (Å²) in [6.45, 7) is 5.79. The Bertz CT molecular complexity index is 1030. The fourth-order valence-corrected chi connectivity index (χ4v) is 3.89. The van der Waals surface area contributed by atoms with Gasteiger partial charge < -0.3 is 15.8 Å². The highest BCUT2D eigenvalue weighted by atomic mass is 32.1. The van der Waals surface area contributed by atoms with E-state index in [2.05, 4.69) is 5.32 Å². The molecular formula is C22H22N2O3S. The van der Waals surface area contributed by atoms with Crippen molar-refractivity contribution in [3.63, 3.8) is 0 Å². The summed E-state index contributed by atoms with van der Waals surface area (Å²) < 4.78 is 5.38. The number of nitrogen functional groups attached to an aromatic ring is 1. The summed E-state index contributed by atoms with van der Waals surface area (Å²) in [6, 6.07) is 15.2. The SMILES string of the molecule is Cc1ccc(NC(=O)c2sc(N)c(C(=O)OCc3ccccc3)c2C)c(C)c1. The largest absolute Gasteiger partial charge is 0.457 e. The van der Waals surface area contributed by atoms with Gasteiger partial charge in [0.15, 0.2) is 0 Å². The Morgan fingerprint density at radius 2 is 1.79 bits per heavy atom. The third-order valence-electron chi connectivity index (χ3n) is 4.43. The van der Waals surface area contributed by atoms with Crippen molar-refractivity contribution >= 4 is 33.9 Å². The lowest BCUT2D eigenvalue weighted by Gasteiger charge is -2.09. The average Bonchev–Trinajstić information content (AvgIpc) is 2.97. The van der Waals surface area contributed by atoms with Gasteiger partial charge in [0.2, 0.25) is 0 Å². The van der Waals surface area contributed by atoms with E-state index in [-0.39, 0.29) is 23.1 Å². The first-order valence-electron chi connectivity index (χ1n) is 8.85. The van der Waals surface area contributed by atoms with Crippen LogP contribution in [0.1, 0.15) is 42.3 Å². The maximum Gasteiger partial charge on any atom is 0.341 e. The molecule has 144 valence electrons. The summed E-state index contributed by atoms with van der Waals surface area (Å²) >= 11 is 1.09. The summed E-state index contributed by atoms with van der Waals surface area (Å²) in [5.41, 5.74) is 10.5. The number of thiophene rings is 1. The monoisotopic (exact) mass is 394 g/mol. The number of ether oxygens (including phenoxy) is 1. The van der Waals surface area contributed by atoms with Crippen LogP contribution in [0.4, 0.5) is 10.7 Å². The standard InChI is InChI=1S/C22H22N2O3S/c1-13-9-10-17(14(2)11-13)24-21(25)19-15(3)18(20(23)28-19)22(26)27-12-16-7-5-4-6-8-16/h4-11H,12,23H2,1-3H3,(H,24,25). The molecule has 0 fully saturated rings. The predicted octanol–water partition coefficient (Wildman–Crippen LogP) is 4.86. The van der Waals surface area contributed by atoms with Gasteiger partial charge in [-0.2, -0.15) is 0 Å². The molecule has 28 heavy (non-hydrogen) atoms. The first-order chi connectivity index (χ1) is 13.4. The van der Waals surface area contributed by atoms with E-state index >= 15 is 0 Å². The molecule has 0 saturated heterocycles. The van der Waals surface area contributed by atoms with Crippen LogP contribution in [0.3, 0.4) is 0 Å². The summed E-state index contributed by atoms with van der Waals surface area (Å²) in [5, 5.41) is 3.17. The van der Waals surface area contributed by atoms with Crippen LogP contribution < -0.4 is 11.1 Å². The normalized spacial score (nSPS) is 10.5. The maximum atomic E-state index is 12.7. The van der Waals surface area contributed by atoms with Crippen LogP contribution in [0.25, 0.3) is 0 Å². The molecular weight excluding hydrogens is 372 g/mol. The summed E-state index contributed by atoms with van der Waals surface area (Å²) in [6.07, 6.45) is 0. The predicted molar refractivity (Wildman–Crippen MR) is 113 cm³/mol. The van der Waals surface area contributed by atoms with E-state index in [0.717, 1.165) is 33.7 Å². The van der Waals surface area contributed by atoms with Crippen molar-refractivity contribution in [2.45, 2.75) is 27.4 Å². The lowest BCUT2D eigenvalue weighted by molar-refractivity contribution is 0.0473. The van der Waals surface area contributed by atoms with Gasteiger partial charge in [-0.15, -0.1) is 11.3 Å². The Balaban J connectivity index is 1.77. The number of esters is 1. The van der Waals surface area contributed by atoms with Crippen molar-refractivity contribution in [3.05, 3.63) is 81.2 Å². The number of carbonyl (C=O) groups is 2. The molecule has 6 heteroatoms. The average molecular weight is 394 g/mol. The minimum absolute atomic E-state index is 0.151. The molecule has 0 aliphatic heterocycles. The van der Waals surface area contributed by atoms with Gasteiger partial charge in [0.1, 0.15) is 11.6 Å². The first kappa shape index (κ1) is 19.6. The number of rotatable bonds is 5. The van der Waals surface area contributed by atoms with Crippen LogP contribution in [0.2, 0.25) is 0 Å². The van der Waals surface area contributed by atoms with E-state index in [1.165, 1.54) is 0 Å². The van der Waals surface area contributed by atoms with Crippen LogP contribution in [0.15, 0.2) is 48.5 Å². The summed E-state index contributed by atoms with van der Waals surface area (Å²) in [7, 11) is 0. The van der Waals surface area contributed by atoms with Crippen molar-refractivity contribution in [1.82, 2.24) is 0 Å². The molecule has 0 unspecified atom stereocenters. The van der Waals surface area contributed by atoms with Crippen LogP contribution >= 0.6 is 11.3 Å². The molecule has 0 aliphatic rings. The van der Waals surface area contributed by atoms with Crippen LogP contribution in [-0.2, 0) is 11.3 Å². The zero-order valence-corrected chi connectivity index (χ0v) is 16.9. The molecule has 1 heterocycles. The third kappa shape index (κ3) is 4.23. The molecule has 0 radical (unpaired) electrons. The number of hydrogen-bond donors (Lipinski definition) is 2. The van der Waals surface area contributed by atoms with Crippen molar-refractivity contribution < 1.29 is 14.3 Å². The lowest BCUT2D eigenvalue weighted by Crippen LogP contribution is -2.13. The highest BCUT2D eigenvalue weighted by Crippen LogP contribution is 2.32. The van der Waals surface area contributed by atoms with Gasteiger partial charge in [-0.25, -0.2) is 4.79 Å². The molecule has 1 amide bonds. The zero-order chi connectivity index (χ0) is 20.3. The van der Waals surface area contributed by atoms with Crippen molar-refractivity contribution in [3.8, 4) is 0 Å². The molecule has 3 rings (SSSR count). The van der Waals surface area contributed by atoms with Crippen molar-refractivity contribution in [2.24, 2.45) is 0 Å². The zero-order valence-electron chi connectivity index (χ0n) is 16.0. The van der Waals surface area contributed by atoms with E-state index in [0.29, 0.717) is 10.4 Å². The Kier molecular flexibility index (Phi) is 5.80. The maximum absolute atomic E-state index is 12.7. The Labute approximate surface area is 168 Å². The highest BCUT2D eigenvalue weighted by Gasteiger charge is 2.24. The summed E-state index contributed by atoms with van der Waals surface area (Å²) in [5.74, 6) is -0.816. The van der Waals surface area contributed by atoms with Gasteiger partial charge in [-0.3, -0.25) is 4.79 Å². The minimum atomic E-state index is -0.527. The molecule has 3 N–H and O–H groups in total. The molecule has 0 saturated carbocycles. The molecule has 0 aliphatic carbocycles. The quantitative estimate of drug-likeness (QED) is 0.605. The second-order valence-corrected chi connectivity index (χ2v) is 7.68. The van der Waals surface area contributed by atoms with Crippen LogP contribution in [-0.4, -0.2) is 11.9 Å². The summed E-state index contributed by atoms with van der Waals surface area (Å²) in [4.78, 5) is 25.7. The van der Waals surface area contributed by atoms with E-state index in [1.807, 2.05) is 62.4 Å². The fourth-order valence-electron chi connectivity index (χ4n) is 2.93. The number of nitrogens with two attached hydrogens (primary N) is 1. The fraction of sp³-hybridized carbons (Fsp3) is 0.182. The van der Waals surface area contributed by atoms with Gasteiger partial charge in [-0.05, 0) is 43.5 Å². The van der Waals surface area contributed by atoms with Gasteiger partial charge in [-0.1, -0.05) is 48.0 Å². The number of carbonyl (C=O) groups excluding carboxylic acids is 2. The Morgan fingerprint density at radius 1 is 1.07 bits per heavy atom. The number of nitrogens with one attached hydrogen (secondary N) is 1. The van der Waals surface area contributed by atoms with Crippen LogP contribution in [0.5, 0.6) is 0 Å². The van der Waals surface area contributed by atoms with Crippen LogP contribution in [0, 0.1) is 20.8 Å². The number of hydrogen-bond acceptors (Lipinski definition) is 5. The molecule has 2 aromatic carbocycles. The second kappa shape index (κ2) is 8.27. The molecule has 1 aromatic heterocycles. The highest BCUT2D eigenvalue weighted by molar-refractivity contribution is 7.18. The van der Waals surface area contributed by atoms with Gasteiger partial charge >= 0.3 is 5.97 Å². The van der Waals surface area contributed by atoms with Gasteiger partial charge in [0.25, 0.3) is 5.91 Å². The number of anilines is 2. The number of amides is 1. The van der Waals surface area contributed by atoms with E-state index < -0.39 is 5.97 Å². The topological polar surface area (TPSA) is 81.4 Å². The van der Waals surface area contributed by atoms with E-state index in [4.69, 9.17) is 10.5 Å².